The van der Waals surface area contributed by atoms with E-state index in [0.29, 0.717) is 18.8 Å². The Morgan fingerprint density at radius 2 is 1.74 bits per heavy atom. The number of amides is 2. The predicted octanol–water partition coefficient (Wildman–Crippen LogP) is 4.11. The maximum atomic E-state index is 12.6. The van der Waals surface area contributed by atoms with Crippen LogP contribution in [0.4, 0.5) is 10.5 Å². The van der Waals surface area contributed by atoms with Crippen molar-refractivity contribution in [2.45, 2.75) is 25.5 Å². The average Bonchev–Trinajstić information content (AvgIpc) is 3.35. The van der Waals surface area contributed by atoms with Crippen molar-refractivity contribution >= 4 is 17.7 Å². The maximum absolute atomic E-state index is 12.6. The van der Waals surface area contributed by atoms with Crippen molar-refractivity contribution in [3.8, 4) is 11.1 Å². The Hall–Kier alpha value is -3.62. The molecule has 2 heterocycles. The molecule has 8 heteroatoms. The highest BCUT2D eigenvalue weighted by Crippen LogP contribution is 2.28. The number of likely N-dealkylation sites (tertiary alicyclic amines) is 1. The van der Waals surface area contributed by atoms with Gasteiger partial charge in [-0.1, -0.05) is 48.5 Å². The van der Waals surface area contributed by atoms with E-state index >= 15 is 0 Å². The van der Waals surface area contributed by atoms with Gasteiger partial charge in [-0.2, -0.15) is 0 Å². The summed E-state index contributed by atoms with van der Waals surface area (Å²) in [7, 11) is 1.83. The minimum absolute atomic E-state index is 0.126. The number of benzene rings is 2. The zero-order valence-corrected chi connectivity index (χ0v) is 20.0. The fourth-order valence-corrected chi connectivity index (χ4v) is 4.19. The standard InChI is InChI=1S/C27H32N4O4/c1-28-19-22-11-12-25(34-22)26(32)29-15-18-31-16-13-21(14-17-31)35-27(33)30-24-10-6-5-9-23(24)20-7-3-2-4-8-20/h2-12,21,28H,13-19H2,1H3,(H,29,32)(H,30,33). The summed E-state index contributed by atoms with van der Waals surface area (Å²) in [5.74, 6) is 0.840. The molecule has 0 radical (unpaired) electrons. The third kappa shape index (κ3) is 6.94. The van der Waals surface area contributed by atoms with Crippen molar-refractivity contribution in [3.05, 3.63) is 78.3 Å². The van der Waals surface area contributed by atoms with Gasteiger partial charge in [0.2, 0.25) is 0 Å². The van der Waals surface area contributed by atoms with Gasteiger partial charge in [0.05, 0.1) is 12.2 Å². The average molecular weight is 477 g/mol. The number of hydrogen-bond acceptors (Lipinski definition) is 6. The summed E-state index contributed by atoms with van der Waals surface area (Å²) in [5, 5.41) is 8.80. The molecule has 1 aliphatic heterocycles. The normalized spacial score (nSPS) is 14.4. The van der Waals surface area contributed by atoms with E-state index in [1.807, 2.05) is 61.6 Å². The van der Waals surface area contributed by atoms with Gasteiger partial charge >= 0.3 is 6.09 Å². The molecule has 0 spiro atoms. The van der Waals surface area contributed by atoms with E-state index in [4.69, 9.17) is 9.15 Å². The van der Waals surface area contributed by atoms with Gasteiger partial charge in [-0.15, -0.1) is 0 Å². The lowest BCUT2D eigenvalue weighted by Gasteiger charge is -2.31. The highest BCUT2D eigenvalue weighted by atomic mass is 16.6. The quantitative estimate of drug-likeness (QED) is 0.430. The van der Waals surface area contributed by atoms with Crippen LogP contribution in [0.1, 0.15) is 29.2 Å². The second kappa shape index (κ2) is 12.2. The minimum atomic E-state index is -0.435. The third-order valence-corrected chi connectivity index (χ3v) is 6.01. The van der Waals surface area contributed by atoms with E-state index in [9.17, 15) is 9.59 Å². The molecule has 35 heavy (non-hydrogen) atoms. The Bertz CT molecular complexity index is 1110. The number of hydrogen-bond donors (Lipinski definition) is 3. The van der Waals surface area contributed by atoms with Crippen LogP contribution >= 0.6 is 0 Å². The predicted molar refractivity (Wildman–Crippen MR) is 135 cm³/mol. The van der Waals surface area contributed by atoms with Crippen LogP contribution in [-0.2, 0) is 11.3 Å². The Balaban J connectivity index is 1.18. The molecular weight excluding hydrogens is 444 g/mol. The molecule has 8 nitrogen and oxygen atoms in total. The molecule has 2 amide bonds. The van der Waals surface area contributed by atoms with Crippen LogP contribution in [0.15, 0.2) is 71.1 Å². The van der Waals surface area contributed by atoms with Crippen LogP contribution < -0.4 is 16.0 Å². The van der Waals surface area contributed by atoms with E-state index < -0.39 is 6.09 Å². The van der Waals surface area contributed by atoms with Gasteiger partial charge in [-0.3, -0.25) is 10.1 Å². The van der Waals surface area contributed by atoms with Crippen LogP contribution in [0, 0.1) is 0 Å². The first-order valence-electron chi connectivity index (χ1n) is 12.0. The SMILES string of the molecule is CNCc1ccc(C(=O)NCCN2CCC(OC(=O)Nc3ccccc3-c3ccccc3)CC2)o1. The minimum Gasteiger partial charge on any atom is -0.455 e. The number of ether oxygens (including phenoxy) is 1. The van der Waals surface area contributed by atoms with Gasteiger partial charge in [0.15, 0.2) is 5.76 Å². The third-order valence-electron chi connectivity index (χ3n) is 6.01. The molecule has 3 aromatic rings. The number of nitrogens with one attached hydrogen (secondary N) is 3. The highest BCUT2D eigenvalue weighted by molar-refractivity contribution is 5.92. The maximum Gasteiger partial charge on any atom is 0.411 e. The van der Waals surface area contributed by atoms with Gasteiger partial charge in [0.25, 0.3) is 5.91 Å². The van der Waals surface area contributed by atoms with Crippen LogP contribution in [-0.4, -0.2) is 56.2 Å². The summed E-state index contributed by atoms with van der Waals surface area (Å²) in [6.07, 6.45) is 0.953. The molecule has 1 aromatic heterocycles. The lowest BCUT2D eigenvalue weighted by atomic mass is 10.0. The first kappa shape index (κ1) is 24.5. The topological polar surface area (TPSA) is 95.8 Å². The number of anilines is 1. The summed E-state index contributed by atoms with van der Waals surface area (Å²) in [6.45, 7) is 3.47. The monoisotopic (exact) mass is 476 g/mol. The van der Waals surface area contributed by atoms with E-state index in [1.54, 1.807) is 12.1 Å². The largest absolute Gasteiger partial charge is 0.455 e. The van der Waals surface area contributed by atoms with Crippen LogP contribution in [0.2, 0.25) is 0 Å². The van der Waals surface area contributed by atoms with Crippen molar-refractivity contribution < 1.29 is 18.7 Å². The van der Waals surface area contributed by atoms with Gasteiger partial charge in [0.1, 0.15) is 11.9 Å². The van der Waals surface area contributed by atoms with Crippen molar-refractivity contribution in [2.24, 2.45) is 0 Å². The number of furan rings is 1. The number of carbonyl (C=O) groups excluding carboxylic acids is 2. The first-order chi connectivity index (χ1) is 17.1. The van der Waals surface area contributed by atoms with Crippen molar-refractivity contribution in [2.75, 3.05) is 38.5 Å². The molecule has 1 fully saturated rings. The Morgan fingerprint density at radius 1 is 1.00 bits per heavy atom. The zero-order chi connectivity index (χ0) is 24.5. The molecular formula is C27H32N4O4. The van der Waals surface area contributed by atoms with Crippen molar-refractivity contribution in [3.63, 3.8) is 0 Å². The number of para-hydroxylation sites is 1. The van der Waals surface area contributed by atoms with Gasteiger partial charge in [0, 0.05) is 31.7 Å². The molecule has 0 aliphatic carbocycles. The van der Waals surface area contributed by atoms with Crippen LogP contribution in [0.25, 0.3) is 11.1 Å². The molecule has 3 N–H and O–H groups in total. The second-order valence-electron chi connectivity index (χ2n) is 8.54. The summed E-state index contributed by atoms with van der Waals surface area (Å²) in [6, 6.07) is 21.1. The van der Waals surface area contributed by atoms with Crippen molar-refractivity contribution in [1.29, 1.82) is 0 Å². The summed E-state index contributed by atoms with van der Waals surface area (Å²) in [5.41, 5.74) is 2.72. The molecule has 0 unspecified atom stereocenters. The molecule has 1 saturated heterocycles. The van der Waals surface area contributed by atoms with E-state index in [0.717, 1.165) is 55.1 Å². The molecule has 4 rings (SSSR count). The van der Waals surface area contributed by atoms with Gasteiger partial charge in [-0.05, 0) is 43.7 Å². The zero-order valence-electron chi connectivity index (χ0n) is 20.0. The lowest BCUT2D eigenvalue weighted by molar-refractivity contribution is 0.0586. The van der Waals surface area contributed by atoms with E-state index in [1.165, 1.54) is 0 Å². The van der Waals surface area contributed by atoms with Crippen LogP contribution in [0.3, 0.4) is 0 Å². The van der Waals surface area contributed by atoms with E-state index in [-0.39, 0.29) is 12.0 Å². The van der Waals surface area contributed by atoms with Gasteiger partial charge < -0.3 is 24.7 Å². The molecule has 2 aromatic carbocycles. The highest BCUT2D eigenvalue weighted by Gasteiger charge is 2.23. The van der Waals surface area contributed by atoms with Crippen molar-refractivity contribution in [1.82, 2.24) is 15.5 Å². The molecule has 0 atom stereocenters. The fourth-order valence-electron chi connectivity index (χ4n) is 4.19. The molecule has 1 aliphatic rings. The Labute approximate surface area is 205 Å². The Kier molecular flexibility index (Phi) is 8.53. The number of carbonyl (C=O) groups is 2. The summed E-state index contributed by atoms with van der Waals surface area (Å²) >= 11 is 0. The fraction of sp³-hybridized carbons (Fsp3) is 0.333. The van der Waals surface area contributed by atoms with Crippen LogP contribution in [0.5, 0.6) is 0 Å². The molecule has 0 bridgehead atoms. The molecule has 184 valence electrons. The second-order valence-corrected chi connectivity index (χ2v) is 8.54. The summed E-state index contributed by atoms with van der Waals surface area (Å²) in [4.78, 5) is 27.1. The Morgan fingerprint density at radius 3 is 2.51 bits per heavy atom. The number of piperidine rings is 1. The number of nitrogens with zero attached hydrogens (tertiary/aromatic N) is 1. The van der Waals surface area contributed by atoms with Gasteiger partial charge in [-0.25, -0.2) is 4.79 Å². The first-order valence-corrected chi connectivity index (χ1v) is 12.0. The smallest absolute Gasteiger partial charge is 0.411 e. The molecule has 0 saturated carbocycles. The lowest BCUT2D eigenvalue weighted by Crippen LogP contribution is -2.42. The summed E-state index contributed by atoms with van der Waals surface area (Å²) < 4.78 is 11.2. The number of rotatable bonds is 9. The van der Waals surface area contributed by atoms with E-state index in [2.05, 4.69) is 20.9 Å².